The Morgan fingerprint density at radius 3 is 2.61 bits per heavy atom. The van der Waals surface area contributed by atoms with Crippen molar-refractivity contribution >= 4 is 0 Å². The summed E-state index contributed by atoms with van der Waals surface area (Å²) in [5.74, 6) is 0. The monoisotopic (exact) mass is 245 g/mol. The van der Waals surface area contributed by atoms with E-state index in [1.807, 2.05) is 0 Å². The Morgan fingerprint density at radius 1 is 1.22 bits per heavy atom. The molecule has 0 radical (unpaired) electrons. The first-order valence-electron chi connectivity index (χ1n) is 7.27. The number of ether oxygens (including phenoxy) is 1. The molecule has 1 aromatic rings. The standard InChI is InChI=1S/C16H23NO/c1-2-14-15(13-8-4-3-5-9-13)18-12-16(17-14)10-6-7-11-16/h3-5,8-9,14-15,17H,2,6-7,10-12H2,1H3. The minimum atomic E-state index is 0.224. The molecule has 2 atom stereocenters. The summed E-state index contributed by atoms with van der Waals surface area (Å²) in [4.78, 5) is 0. The highest BCUT2D eigenvalue weighted by Crippen LogP contribution is 2.38. The van der Waals surface area contributed by atoms with Gasteiger partial charge < -0.3 is 10.1 Å². The van der Waals surface area contributed by atoms with Crippen molar-refractivity contribution in [2.75, 3.05) is 6.61 Å². The van der Waals surface area contributed by atoms with E-state index in [9.17, 15) is 0 Å². The SMILES string of the molecule is CCC1NC2(CCCC2)COC1c1ccccc1. The molecule has 1 spiro atoms. The first kappa shape index (κ1) is 12.2. The van der Waals surface area contributed by atoms with Gasteiger partial charge in [0.05, 0.1) is 12.7 Å². The zero-order chi connectivity index (χ0) is 12.4. The third kappa shape index (κ3) is 2.19. The second kappa shape index (κ2) is 5.02. The summed E-state index contributed by atoms with van der Waals surface area (Å²) in [7, 11) is 0. The van der Waals surface area contributed by atoms with Gasteiger partial charge in [0.1, 0.15) is 0 Å². The largest absolute Gasteiger partial charge is 0.370 e. The van der Waals surface area contributed by atoms with E-state index in [1.54, 1.807) is 0 Å². The van der Waals surface area contributed by atoms with Gasteiger partial charge in [0.2, 0.25) is 0 Å². The summed E-state index contributed by atoms with van der Waals surface area (Å²) in [6, 6.07) is 11.1. The molecule has 2 unspecified atom stereocenters. The van der Waals surface area contributed by atoms with Crippen molar-refractivity contribution in [2.24, 2.45) is 0 Å². The normalized spacial score (nSPS) is 30.7. The average Bonchev–Trinajstić information content (AvgIpc) is 2.88. The smallest absolute Gasteiger partial charge is 0.0978 e. The highest BCUT2D eigenvalue weighted by Gasteiger charge is 2.42. The van der Waals surface area contributed by atoms with E-state index < -0.39 is 0 Å². The van der Waals surface area contributed by atoms with Gasteiger partial charge in [-0.2, -0.15) is 0 Å². The summed E-state index contributed by atoms with van der Waals surface area (Å²) >= 11 is 0. The quantitative estimate of drug-likeness (QED) is 0.862. The van der Waals surface area contributed by atoms with Crippen molar-refractivity contribution in [3.05, 3.63) is 35.9 Å². The van der Waals surface area contributed by atoms with E-state index in [1.165, 1.54) is 31.2 Å². The van der Waals surface area contributed by atoms with E-state index in [4.69, 9.17) is 4.74 Å². The van der Waals surface area contributed by atoms with Gasteiger partial charge in [-0.15, -0.1) is 0 Å². The molecule has 1 aliphatic carbocycles. The maximum absolute atomic E-state index is 6.24. The molecule has 1 saturated carbocycles. The van der Waals surface area contributed by atoms with Gasteiger partial charge in [-0.3, -0.25) is 0 Å². The predicted molar refractivity (Wildman–Crippen MR) is 73.5 cm³/mol. The lowest BCUT2D eigenvalue weighted by atomic mass is 9.90. The van der Waals surface area contributed by atoms with E-state index in [2.05, 4.69) is 42.6 Å². The lowest BCUT2D eigenvalue weighted by Crippen LogP contribution is -2.58. The number of morpholine rings is 1. The molecule has 1 N–H and O–H groups in total. The van der Waals surface area contributed by atoms with Crippen LogP contribution in [0.2, 0.25) is 0 Å². The van der Waals surface area contributed by atoms with Gasteiger partial charge in [0, 0.05) is 11.6 Å². The summed E-state index contributed by atoms with van der Waals surface area (Å²) in [5.41, 5.74) is 1.59. The van der Waals surface area contributed by atoms with Crippen molar-refractivity contribution in [2.45, 2.75) is 56.7 Å². The third-order valence-electron chi connectivity index (χ3n) is 4.52. The fraction of sp³-hybridized carbons (Fsp3) is 0.625. The van der Waals surface area contributed by atoms with Crippen LogP contribution in [0.25, 0.3) is 0 Å². The Balaban J connectivity index is 1.78. The van der Waals surface area contributed by atoms with Crippen molar-refractivity contribution in [3.63, 3.8) is 0 Å². The van der Waals surface area contributed by atoms with Crippen molar-refractivity contribution < 1.29 is 4.74 Å². The minimum absolute atomic E-state index is 0.224. The van der Waals surface area contributed by atoms with Gasteiger partial charge in [-0.05, 0) is 24.8 Å². The molecule has 2 aliphatic rings. The molecule has 1 aliphatic heterocycles. The first-order chi connectivity index (χ1) is 8.83. The zero-order valence-electron chi connectivity index (χ0n) is 11.2. The maximum atomic E-state index is 6.24. The zero-order valence-corrected chi connectivity index (χ0v) is 11.2. The molecular weight excluding hydrogens is 222 g/mol. The van der Waals surface area contributed by atoms with Gasteiger partial charge >= 0.3 is 0 Å². The van der Waals surface area contributed by atoms with Crippen LogP contribution < -0.4 is 5.32 Å². The van der Waals surface area contributed by atoms with E-state index in [-0.39, 0.29) is 11.6 Å². The highest BCUT2D eigenvalue weighted by molar-refractivity contribution is 5.20. The summed E-state index contributed by atoms with van der Waals surface area (Å²) in [5, 5.41) is 3.90. The molecule has 18 heavy (non-hydrogen) atoms. The number of nitrogens with one attached hydrogen (secondary N) is 1. The van der Waals surface area contributed by atoms with Gasteiger partial charge in [0.15, 0.2) is 0 Å². The second-order valence-electron chi connectivity index (χ2n) is 5.79. The summed E-state index contributed by atoms with van der Waals surface area (Å²) in [6.45, 7) is 3.13. The van der Waals surface area contributed by atoms with Crippen molar-refractivity contribution in [1.82, 2.24) is 5.32 Å². The molecule has 1 saturated heterocycles. The fourth-order valence-corrected chi connectivity index (χ4v) is 3.50. The molecule has 2 fully saturated rings. The van der Waals surface area contributed by atoms with Crippen LogP contribution in [-0.2, 0) is 4.74 Å². The Morgan fingerprint density at radius 2 is 1.94 bits per heavy atom. The van der Waals surface area contributed by atoms with Crippen molar-refractivity contribution in [3.8, 4) is 0 Å². The maximum Gasteiger partial charge on any atom is 0.0978 e. The topological polar surface area (TPSA) is 21.3 Å². The second-order valence-corrected chi connectivity index (χ2v) is 5.79. The van der Waals surface area contributed by atoms with Gasteiger partial charge in [0.25, 0.3) is 0 Å². The van der Waals surface area contributed by atoms with Crippen molar-refractivity contribution in [1.29, 1.82) is 0 Å². The Labute approximate surface area is 110 Å². The number of rotatable bonds is 2. The predicted octanol–water partition coefficient (Wildman–Crippen LogP) is 3.44. The van der Waals surface area contributed by atoms with Crippen LogP contribution in [0.3, 0.4) is 0 Å². The van der Waals surface area contributed by atoms with E-state index >= 15 is 0 Å². The molecule has 0 amide bonds. The van der Waals surface area contributed by atoms with Crippen LogP contribution in [0.15, 0.2) is 30.3 Å². The molecule has 2 nitrogen and oxygen atoms in total. The van der Waals surface area contributed by atoms with Crippen LogP contribution >= 0.6 is 0 Å². The molecule has 3 rings (SSSR count). The number of hydrogen-bond acceptors (Lipinski definition) is 2. The lowest BCUT2D eigenvalue weighted by molar-refractivity contribution is -0.0641. The van der Waals surface area contributed by atoms with Crippen LogP contribution in [0.5, 0.6) is 0 Å². The number of benzene rings is 1. The fourth-order valence-electron chi connectivity index (χ4n) is 3.50. The van der Waals surface area contributed by atoms with Crippen LogP contribution in [0.1, 0.15) is 50.7 Å². The Kier molecular flexibility index (Phi) is 3.40. The summed E-state index contributed by atoms with van der Waals surface area (Å²) in [6.07, 6.45) is 6.62. The molecule has 0 bridgehead atoms. The Hall–Kier alpha value is -0.860. The number of hydrogen-bond donors (Lipinski definition) is 1. The minimum Gasteiger partial charge on any atom is -0.370 e. The summed E-state index contributed by atoms with van der Waals surface area (Å²) < 4.78 is 6.24. The van der Waals surface area contributed by atoms with E-state index in [0.717, 1.165) is 13.0 Å². The van der Waals surface area contributed by atoms with Gasteiger partial charge in [-0.1, -0.05) is 50.1 Å². The molecular formula is C16H23NO. The molecule has 98 valence electrons. The molecule has 1 heterocycles. The average molecular weight is 245 g/mol. The first-order valence-corrected chi connectivity index (χ1v) is 7.27. The molecule has 1 aromatic carbocycles. The van der Waals surface area contributed by atoms with Crippen LogP contribution in [0.4, 0.5) is 0 Å². The lowest BCUT2D eigenvalue weighted by Gasteiger charge is -2.44. The van der Waals surface area contributed by atoms with Crippen LogP contribution in [0, 0.1) is 0 Å². The molecule has 0 aromatic heterocycles. The van der Waals surface area contributed by atoms with Crippen LogP contribution in [-0.4, -0.2) is 18.2 Å². The van der Waals surface area contributed by atoms with E-state index in [0.29, 0.717) is 6.04 Å². The Bertz CT molecular complexity index is 383. The van der Waals surface area contributed by atoms with Gasteiger partial charge in [-0.25, -0.2) is 0 Å². The third-order valence-corrected chi connectivity index (χ3v) is 4.52. The molecule has 2 heteroatoms. The highest BCUT2D eigenvalue weighted by atomic mass is 16.5.